The standard InChI is InChI=1S/C10H13N3O/c1-11-8-2-3-9(13-6-8)10-7-12-4-5-14-10/h2-3,6,10,12H,1,4-5,7H2/t10-/m0/s1. The maximum atomic E-state index is 5.57. The molecule has 4 nitrogen and oxygen atoms in total. The molecule has 1 aromatic rings. The van der Waals surface area contributed by atoms with E-state index in [0.29, 0.717) is 0 Å². The van der Waals surface area contributed by atoms with E-state index in [9.17, 15) is 0 Å². The van der Waals surface area contributed by atoms with E-state index in [-0.39, 0.29) is 6.10 Å². The molecule has 74 valence electrons. The molecule has 1 saturated heterocycles. The minimum absolute atomic E-state index is 0.0719. The van der Waals surface area contributed by atoms with E-state index in [1.54, 1.807) is 6.20 Å². The molecule has 1 aliphatic heterocycles. The van der Waals surface area contributed by atoms with Crippen LogP contribution in [0.5, 0.6) is 0 Å². The number of aromatic nitrogens is 1. The van der Waals surface area contributed by atoms with E-state index < -0.39 is 0 Å². The fourth-order valence-electron chi connectivity index (χ4n) is 1.44. The quantitative estimate of drug-likeness (QED) is 0.711. The summed E-state index contributed by atoms with van der Waals surface area (Å²) < 4.78 is 5.57. The second kappa shape index (κ2) is 4.30. The van der Waals surface area contributed by atoms with Gasteiger partial charge in [-0.05, 0) is 18.9 Å². The number of nitrogens with one attached hydrogen (secondary N) is 1. The Labute approximate surface area is 83.0 Å². The Morgan fingerprint density at radius 3 is 3.07 bits per heavy atom. The molecule has 1 fully saturated rings. The van der Waals surface area contributed by atoms with E-state index in [1.807, 2.05) is 12.1 Å². The van der Waals surface area contributed by atoms with Crippen molar-refractivity contribution in [3.05, 3.63) is 24.0 Å². The molecule has 0 unspecified atom stereocenters. The van der Waals surface area contributed by atoms with Gasteiger partial charge in [-0.2, -0.15) is 0 Å². The van der Waals surface area contributed by atoms with Crippen LogP contribution >= 0.6 is 0 Å². The zero-order valence-corrected chi connectivity index (χ0v) is 7.94. The van der Waals surface area contributed by atoms with Gasteiger partial charge >= 0.3 is 0 Å². The van der Waals surface area contributed by atoms with Crippen LogP contribution in [-0.2, 0) is 4.74 Å². The summed E-state index contributed by atoms with van der Waals surface area (Å²) in [7, 11) is 0. The summed E-state index contributed by atoms with van der Waals surface area (Å²) >= 11 is 0. The van der Waals surface area contributed by atoms with Gasteiger partial charge in [-0.3, -0.25) is 9.98 Å². The van der Waals surface area contributed by atoms with Crippen molar-refractivity contribution < 1.29 is 4.74 Å². The van der Waals surface area contributed by atoms with Gasteiger partial charge in [0.25, 0.3) is 0 Å². The lowest BCUT2D eigenvalue weighted by atomic mass is 10.2. The Bertz CT molecular complexity index is 304. The minimum Gasteiger partial charge on any atom is -0.369 e. The number of hydrogen-bond acceptors (Lipinski definition) is 4. The summed E-state index contributed by atoms with van der Waals surface area (Å²) in [4.78, 5) is 8.06. The second-order valence-electron chi connectivity index (χ2n) is 3.16. The molecule has 0 bridgehead atoms. The van der Waals surface area contributed by atoms with Crippen molar-refractivity contribution >= 4 is 12.4 Å². The van der Waals surface area contributed by atoms with Crippen LogP contribution in [0.15, 0.2) is 23.3 Å². The summed E-state index contributed by atoms with van der Waals surface area (Å²) in [5.41, 5.74) is 1.74. The average Bonchev–Trinajstić information content (AvgIpc) is 2.30. The molecule has 14 heavy (non-hydrogen) atoms. The third kappa shape index (κ3) is 1.97. The highest BCUT2D eigenvalue weighted by Gasteiger charge is 2.16. The van der Waals surface area contributed by atoms with E-state index in [0.717, 1.165) is 31.1 Å². The maximum absolute atomic E-state index is 5.57. The number of aliphatic imine (C=N–C) groups is 1. The first-order chi connectivity index (χ1) is 6.90. The molecule has 0 saturated carbocycles. The van der Waals surface area contributed by atoms with E-state index in [4.69, 9.17) is 4.74 Å². The molecule has 4 heteroatoms. The molecular weight excluding hydrogens is 178 g/mol. The second-order valence-corrected chi connectivity index (χ2v) is 3.16. The molecule has 0 aromatic carbocycles. The summed E-state index contributed by atoms with van der Waals surface area (Å²) in [6, 6.07) is 3.83. The molecule has 1 aliphatic rings. The molecule has 1 aromatic heterocycles. The predicted octanol–water partition coefficient (Wildman–Crippen LogP) is 1.07. The zero-order chi connectivity index (χ0) is 9.80. The molecule has 2 rings (SSSR count). The molecule has 0 amide bonds. The van der Waals surface area contributed by atoms with Crippen molar-refractivity contribution in [1.82, 2.24) is 10.3 Å². The number of hydrogen-bond donors (Lipinski definition) is 1. The molecule has 0 radical (unpaired) electrons. The third-order valence-corrected chi connectivity index (χ3v) is 2.21. The Morgan fingerprint density at radius 2 is 2.50 bits per heavy atom. The van der Waals surface area contributed by atoms with Crippen molar-refractivity contribution in [2.24, 2.45) is 4.99 Å². The first-order valence-corrected chi connectivity index (χ1v) is 4.65. The highest BCUT2D eigenvalue weighted by Crippen LogP contribution is 2.18. The highest BCUT2D eigenvalue weighted by atomic mass is 16.5. The van der Waals surface area contributed by atoms with Crippen LogP contribution in [0, 0.1) is 0 Å². The van der Waals surface area contributed by atoms with Gasteiger partial charge in [-0.1, -0.05) is 0 Å². The van der Waals surface area contributed by atoms with Crippen molar-refractivity contribution in [3.8, 4) is 0 Å². The van der Waals surface area contributed by atoms with Crippen LogP contribution in [0.3, 0.4) is 0 Å². The molecule has 2 heterocycles. The largest absolute Gasteiger partial charge is 0.369 e. The van der Waals surface area contributed by atoms with Crippen LogP contribution in [0.1, 0.15) is 11.8 Å². The average molecular weight is 191 g/mol. The summed E-state index contributed by atoms with van der Waals surface area (Å²) in [5.74, 6) is 0. The number of nitrogens with zero attached hydrogens (tertiary/aromatic N) is 2. The number of morpholine rings is 1. The number of ether oxygens (including phenoxy) is 1. The lowest BCUT2D eigenvalue weighted by molar-refractivity contribution is 0.0250. The van der Waals surface area contributed by atoms with Crippen LogP contribution in [0.4, 0.5) is 5.69 Å². The van der Waals surface area contributed by atoms with Crippen molar-refractivity contribution in [1.29, 1.82) is 0 Å². The van der Waals surface area contributed by atoms with E-state index in [1.165, 1.54) is 0 Å². The molecule has 1 atom stereocenters. The lowest BCUT2D eigenvalue weighted by Gasteiger charge is -2.22. The molecule has 0 aliphatic carbocycles. The van der Waals surface area contributed by atoms with Gasteiger partial charge in [0.05, 0.1) is 24.2 Å². The third-order valence-electron chi connectivity index (χ3n) is 2.21. The first kappa shape index (κ1) is 9.30. The van der Waals surface area contributed by atoms with E-state index in [2.05, 4.69) is 22.0 Å². The van der Waals surface area contributed by atoms with Crippen LogP contribution in [0.25, 0.3) is 0 Å². The maximum Gasteiger partial charge on any atom is 0.112 e. The van der Waals surface area contributed by atoms with Gasteiger partial charge in [0.2, 0.25) is 0 Å². The normalized spacial score (nSPS) is 21.9. The number of pyridine rings is 1. The first-order valence-electron chi connectivity index (χ1n) is 4.65. The fourth-order valence-corrected chi connectivity index (χ4v) is 1.44. The van der Waals surface area contributed by atoms with E-state index >= 15 is 0 Å². The van der Waals surface area contributed by atoms with Crippen LogP contribution < -0.4 is 5.32 Å². The van der Waals surface area contributed by atoms with Crippen molar-refractivity contribution in [2.75, 3.05) is 19.7 Å². The van der Waals surface area contributed by atoms with Gasteiger partial charge < -0.3 is 10.1 Å². The Morgan fingerprint density at radius 1 is 1.57 bits per heavy atom. The fraction of sp³-hybridized carbons (Fsp3) is 0.400. The van der Waals surface area contributed by atoms with Crippen LogP contribution in [-0.4, -0.2) is 31.4 Å². The molecule has 0 spiro atoms. The van der Waals surface area contributed by atoms with Gasteiger partial charge in [0.1, 0.15) is 6.10 Å². The smallest absolute Gasteiger partial charge is 0.112 e. The van der Waals surface area contributed by atoms with Gasteiger partial charge in [0, 0.05) is 13.1 Å². The highest BCUT2D eigenvalue weighted by molar-refractivity contribution is 5.43. The summed E-state index contributed by atoms with van der Waals surface area (Å²) in [6.07, 6.45) is 1.78. The topological polar surface area (TPSA) is 46.5 Å². The summed E-state index contributed by atoms with van der Waals surface area (Å²) in [6.45, 7) is 5.93. The molecule has 1 N–H and O–H groups in total. The van der Waals surface area contributed by atoms with Crippen molar-refractivity contribution in [3.63, 3.8) is 0 Å². The van der Waals surface area contributed by atoms with Gasteiger partial charge in [-0.15, -0.1) is 0 Å². The van der Waals surface area contributed by atoms with Crippen LogP contribution in [0.2, 0.25) is 0 Å². The molecular formula is C10H13N3O. The zero-order valence-electron chi connectivity index (χ0n) is 7.94. The van der Waals surface area contributed by atoms with Crippen molar-refractivity contribution in [2.45, 2.75) is 6.10 Å². The Balaban J connectivity index is 2.11. The lowest BCUT2D eigenvalue weighted by Crippen LogP contribution is -2.33. The SMILES string of the molecule is C=Nc1ccc([C@@H]2CNCCO2)nc1. The Kier molecular flexibility index (Phi) is 2.86. The Hall–Kier alpha value is -1.26. The van der Waals surface area contributed by atoms with Gasteiger partial charge in [-0.25, -0.2) is 0 Å². The monoisotopic (exact) mass is 191 g/mol. The van der Waals surface area contributed by atoms with Gasteiger partial charge in [0.15, 0.2) is 0 Å². The minimum atomic E-state index is 0.0719. The summed E-state index contributed by atoms with van der Waals surface area (Å²) in [5, 5.41) is 3.26. The number of rotatable bonds is 2. The predicted molar refractivity (Wildman–Crippen MR) is 55.0 cm³/mol.